The first-order valence-electron chi connectivity index (χ1n) is 15.9. The number of para-hydroxylation sites is 1. The van der Waals surface area contributed by atoms with Crippen LogP contribution in [0.2, 0.25) is 0 Å². The first-order chi connectivity index (χ1) is 22.7. The molecule has 2 aliphatic heterocycles. The molecule has 2 atom stereocenters. The van der Waals surface area contributed by atoms with Crippen LogP contribution in [0.3, 0.4) is 0 Å². The van der Waals surface area contributed by atoms with Gasteiger partial charge < -0.3 is 10.5 Å². The first kappa shape index (κ1) is 28.1. The van der Waals surface area contributed by atoms with Crippen LogP contribution in [0, 0.1) is 0 Å². The summed E-state index contributed by atoms with van der Waals surface area (Å²) in [6.45, 7) is 0.634. The fourth-order valence-electron chi connectivity index (χ4n) is 7.06. The summed E-state index contributed by atoms with van der Waals surface area (Å²) < 4.78 is 8.48. The Balaban J connectivity index is 1.43. The number of benzene rings is 5. The van der Waals surface area contributed by atoms with E-state index in [1.54, 1.807) is 0 Å². The van der Waals surface area contributed by atoms with Crippen LogP contribution in [-0.2, 0) is 15.9 Å². The molecule has 0 aliphatic carbocycles. The van der Waals surface area contributed by atoms with Crippen LogP contribution in [0.15, 0.2) is 155 Å². The highest BCUT2D eigenvalue weighted by Crippen LogP contribution is 2.47. The van der Waals surface area contributed by atoms with Gasteiger partial charge in [-0.15, -0.1) is 10.2 Å². The number of hydrogen-bond acceptors (Lipinski definition) is 6. The van der Waals surface area contributed by atoms with Crippen LogP contribution in [0.4, 0.5) is 5.69 Å². The highest BCUT2D eigenvalue weighted by molar-refractivity contribution is 6.01. The van der Waals surface area contributed by atoms with Gasteiger partial charge in [-0.1, -0.05) is 121 Å². The molecule has 2 N–H and O–H groups in total. The van der Waals surface area contributed by atoms with E-state index < -0.39 is 11.2 Å². The van der Waals surface area contributed by atoms with Gasteiger partial charge in [0.25, 0.3) is 5.79 Å². The monoisotopic (exact) mass is 602 g/mol. The number of hydrogen-bond donors (Lipinski definition) is 1. The van der Waals surface area contributed by atoms with E-state index in [0.717, 1.165) is 58.1 Å². The lowest BCUT2D eigenvalue weighted by Crippen LogP contribution is -2.46. The number of rotatable bonds is 7. The Morgan fingerprint density at radius 1 is 0.717 bits per heavy atom. The standard InChI is InChI=1S/C39H34N6O/c40-32-22-14-15-28(27-32)36-33-23-10-11-24-34(33)45(43-36)39(35-25-12-13-26-46-35)41-37(42-44-39)38(29-16-4-1-5-17-29,30-18-6-2-7-19-30)31-20-8-3-9-21-31/h1-11,14-24,27,35H,12-13,25-26,40H2. The van der Waals surface area contributed by atoms with Crippen molar-refractivity contribution >= 4 is 22.4 Å². The van der Waals surface area contributed by atoms with Crippen LogP contribution in [0.5, 0.6) is 0 Å². The largest absolute Gasteiger partial charge is 0.399 e. The van der Waals surface area contributed by atoms with Gasteiger partial charge in [0.2, 0.25) is 0 Å². The molecular weight excluding hydrogens is 568 g/mol. The van der Waals surface area contributed by atoms with E-state index in [9.17, 15) is 0 Å². The quantitative estimate of drug-likeness (QED) is 0.147. The summed E-state index contributed by atoms with van der Waals surface area (Å²) in [7, 11) is 0. The zero-order chi connectivity index (χ0) is 31.0. The molecule has 7 nitrogen and oxygen atoms in total. The second kappa shape index (κ2) is 11.5. The Morgan fingerprint density at radius 3 is 1.96 bits per heavy atom. The van der Waals surface area contributed by atoms with Crippen molar-refractivity contribution < 1.29 is 4.74 Å². The van der Waals surface area contributed by atoms with Gasteiger partial charge in [0.1, 0.15) is 17.2 Å². The number of nitrogens with zero attached hydrogens (tertiary/aromatic N) is 5. The Kier molecular flexibility index (Phi) is 7.03. The molecule has 1 aromatic heterocycles. The summed E-state index contributed by atoms with van der Waals surface area (Å²) in [6.07, 6.45) is 2.43. The maximum atomic E-state index is 6.54. The van der Waals surface area contributed by atoms with Crippen molar-refractivity contribution in [1.29, 1.82) is 0 Å². The number of ether oxygens (including phenoxy) is 1. The molecule has 6 aromatic rings. The normalized spacial score (nSPS) is 19.7. The Morgan fingerprint density at radius 2 is 1.35 bits per heavy atom. The molecule has 2 unspecified atom stereocenters. The summed E-state index contributed by atoms with van der Waals surface area (Å²) in [5.41, 5.74) is 11.9. The maximum Gasteiger partial charge on any atom is 0.294 e. The summed E-state index contributed by atoms with van der Waals surface area (Å²) in [6, 6.07) is 47.5. The molecule has 0 bridgehead atoms. The van der Waals surface area contributed by atoms with Gasteiger partial charge in [-0.25, -0.2) is 9.67 Å². The topological polar surface area (TPSA) is 90.1 Å². The van der Waals surface area contributed by atoms with Crippen molar-refractivity contribution in [3.63, 3.8) is 0 Å². The van der Waals surface area contributed by atoms with E-state index in [-0.39, 0.29) is 6.10 Å². The average Bonchev–Trinajstić information content (AvgIpc) is 3.75. The molecule has 0 radical (unpaired) electrons. The molecule has 2 aliphatic rings. The van der Waals surface area contributed by atoms with Crippen molar-refractivity contribution in [3.8, 4) is 11.3 Å². The third-order valence-corrected chi connectivity index (χ3v) is 9.19. The minimum Gasteiger partial charge on any atom is -0.399 e. The fourth-order valence-corrected chi connectivity index (χ4v) is 7.06. The van der Waals surface area contributed by atoms with Gasteiger partial charge in [0.15, 0.2) is 5.84 Å². The number of aliphatic imine (C=N–C) groups is 1. The first-order valence-corrected chi connectivity index (χ1v) is 15.9. The van der Waals surface area contributed by atoms with Crippen LogP contribution in [-0.4, -0.2) is 28.3 Å². The van der Waals surface area contributed by atoms with E-state index in [1.807, 2.05) is 59.3 Å². The van der Waals surface area contributed by atoms with E-state index >= 15 is 0 Å². The van der Waals surface area contributed by atoms with Gasteiger partial charge in [0.05, 0.1) is 5.52 Å². The zero-order valence-electron chi connectivity index (χ0n) is 25.4. The molecule has 3 heterocycles. The number of anilines is 1. The summed E-state index contributed by atoms with van der Waals surface area (Å²) >= 11 is 0. The number of azo groups is 1. The Hall–Kier alpha value is -5.40. The lowest BCUT2D eigenvalue weighted by atomic mass is 9.68. The molecule has 46 heavy (non-hydrogen) atoms. The van der Waals surface area contributed by atoms with Crippen molar-refractivity contribution in [2.24, 2.45) is 15.2 Å². The lowest BCUT2D eigenvalue weighted by Gasteiger charge is -2.36. The van der Waals surface area contributed by atoms with Gasteiger partial charge in [0, 0.05) is 23.2 Å². The molecule has 0 amide bonds. The molecule has 0 saturated carbocycles. The van der Waals surface area contributed by atoms with Crippen molar-refractivity contribution in [2.75, 3.05) is 12.3 Å². The van der Waals surface area contributed by atoms with E-state index in [2.05, 4.69) is 84.9 Å². The summed E-state index contributed by atoms with van der Waals surface area (Å²) in [5, 5.41) is 16.5. The maximum absolute atomic E-state index is 6.54. The molecule has 226 valence electrons. The third kappa shape index (κ3) is 4.46. The minimum atomic E-state index is -1.25. The molecule has 1 saturated heterocycles. The van der Waals surface area contributed by atoms with E-state index in [0.29, 0.717) is 18.1 Å². The van der Waals surface area contributed by atoms with Crippen molar-refractivity contribution in [2.45, 2.75) is 36.6 Å². The average molecular weight is 603 g/mol. The number of nitrogens with two attached hydrogens (primary N) is 1. The molecule has 7 heteroatoms. The molecular formula is C39H34N6O. The Labute approximate surface area is 268 Å². The molecule has 0 spiro atoms. The van der Waals surface area contributed by atoms with Crippen LogP contribution in [0.25, 0.3) is 22.2 Å². The lowest BCUT2D eigenvalue weighted by molar-refractivity contribution is -0.0588. The second-order valence-electron chi connectivity index (χ2n) is 11.9. The fraction of sp³-hybridized carbons (Fsp3) is 0.179. The highest BCUT2D eigenvalue weighted by Gasteiger charge is 2.53. The number of fused-ring (bicyclic) bond motifs is 1. The van der Waals surface area contributed by atoms with Gasteiger partial charge >= 0.3 is 0 Å². The van der Waals surface area contributed by atoms with Crippen molar-refractivity contribution in [3.05, 3.63) is 156 Å². The molecule has 1 fully saturated rings. The zero-order valence-corrected chi connectivity index (χ0v) is 25.4. The highest BCUT2D eigenvalue weighted by atomic mass is 16.5. The second-order valence-corrected chi connectivity index (χ2v) is 11.9. The van der Waals surface area contributed by atoms with Crippen LogP contribution in [0.1, 0.15) is 36.0 Å². The smallest absolute Gasteiger partial charge is 0.294 e. The summed E-state index contributed by atoms with van der Waals surface area (Å²) in [5.74, 6) is -0.660. The number of nitrogen functional groups attached to an aromatic ring is 1. The van der Waals surface area contributed by atoms with Crippen LogP contribution < -0.4 is 5.73 Å². The van der Waals surface area contributed by atoms with Gasteiger partial charge in [-0.2, -0.15) is 5.10 Å². The third-order valence-electron chi connectivity index (χ3n) is 9.19. The Bertz CT molecular complexity index is 1950. The SMILES string of the molecule is Nc1cccc(-c2nn(C3(C4CCCCO4)N=NC(C(c4ccccc4)(c4ccccc4)c4ccccc4)=N3)c3ccccc23)c1. The van der Waals surface area contributed by atoms with E-state index in [4.69, 9.17) is 30.8 Å². The summed E-state index contributed by atoms with van der Waals surface area (Å²) in [4.78, 5) is 5.62. The number of aromatic nitrogens is 2. The van der Waals surface area contributed by atoms with Gasteiger partial charge in [-0.3, -0.25) is 0 Å². The van der Waals surface area contributed by atoms with Crippen LogP contribution >= 0.6 is 0 Å². The molecule has 8 rings (SSSR count). The van der Waals surface area contributed by atoms with Gasteiger partial charge in [-0.05, 0) is 54.2 Å². The van der Waals surface area contributed by atoms with Crippen molar-refractivity contribution in [1.82, 2.24) is 9.78 Å². The molecule has 5 aromatic carbocycles. The predicted molar refractivity (Wildman–Crippen MR) is 183 cm³/mol. The predicted octanol–water partition coefficient (Wildman–Crippen LogP) is 8.36. The van der Waals surface area contributed by atoms with E-state index in [1.165, 1.54) is 0 Å². The number of amidine groups is 1. The minimum absolute atomic E-state index is 0.362.